The number of likely N-dealkylation sites (N-methyl/N-ethyl adjacent to an activating group) is 1. The number of ether oxygens (including phenoxy) is 3. The van der Waals surface area contributed by atoms with E-state index in [-0.39, 0.29) is 42.7 Å². The molecule has 0 aromatic carbocycles. The summed E-state index contributed by atoms with van der Waals surface area (Å²) >= 11 is 0. The lowest BCUT2D eigenvalue weighted by Crippen LogP contribution is -2.55. The number of carbonyl (C=O) groups is 3. The third-order valence-electron chi connectivity index (χ3n) is 11.5. The van der Waals surface area contributed by atoms with E-state index in [9.17, 15) is 19.5 Å². The molecule has 0 spiro atoms. The number of nitrogens with zero attached hydrogens (tertiary/aromatic N) is 1. The highest BCUT2D eigenvalue weighted by atomic mass is 16.6. The molecule has 8 heteroatoms. The van der Waals surface area contributed by atoms with Gasteiger partial charge in [-0.2, -0.15) is 0 Å². The van der Waals surface area contributed by atoms with Crippen LogP contribution in [0.3, 0.4) is 0 Å². The van der Waals surface area contributed by atoms with Crippen molar-refractivity contribution in [2.75, 3.05) is 41.0 Å². The lowest BCUT2D eigenvalue weighted by molar-refractivity contribution is -0.889. The van der Waals surface area contributed by atoms with Crippen LogP contribution in [0.15, 0.2) is 85.1 Å². The molecule has 0 aromatic rings. The minimum atomic E-state index is -1.13. The van der Waals surface area contributed by atoms with E-state index in [1.54, 1.807) is 21.1 Å². The molecule has 0 rings (SSSR count). The Morgan fingerprint density at radius 1 is 0.470 bits per heavy atom. The zero-order valence-electron chi connectivity index (χ0n) is 43.1. The molecule has 0 aliphatic carbocycles. The van der Waals surface area contributed by atoms with Crippen LogP contribution in [0, 0.1) is 0 Å². The quantitative estimate of drug-likeness (QED) is 0.0259. The summed E-state index contributed by atoms with van der Waals surface area (Å²) in [4.78, 5) is 37.1. The first-order chi connectivity index (χ1) is 32.1. The fourth-order valence-electron chi connectivity index (χ4n) is 7.42. The second-order valence-electron chi connectivity index (χ2n) is 18.7. The number of rotatable bonds is 47. The number of hydrogen-bond donors (Lipinski definition) is 0. The van der Waals surface area contributed by atoms with Gasteiger partial charge in [-0.05, 0) is 89.9 Å². The van der Waals surface area contributed by atoms with Gasteiger partial charge in [0.05, 0.1) is 40.3 Å². The molecule has 0 amide bonds. The third kappa shape index (κ3) is 45.7. The van der Waals surface area contributed by atoms with Crippen LogP contribution < -0.4 is 5.11 Å². The summed E-state index contributed by atoms with van der Waals surface area (Å²) in [6, 6.07) is -0.734. The number of hydrogen-bond acceptors (Lipinski definition) is 7. The number of carboxylic acids is 1. The van der Waals surface area contributed by atoms with Gasteiger partial charge in [0.15, 0.2) is 6.10 Å². The summed E-state index contributed by atoms with van der Waals surface area (Å²) < 4.78 is 17.3. The van der Waals surface area contributed by atoms with Gasteiger partial charge >= 0.3 is 11.9 Å². The second kappa shape index (κ2) is 48.0. The van der Waals surface area contributed by atoms with Gasteiger partial charge in [0, 0.05) is 19.3 Å². The van der Waals surface area contributed by atoms with Gasteiger partial charge < -0.3 is 28.6 Å². The molecule has 0 radical (unpaired) electrons. The molecule has 0 fully saturated rings. The highest BCUT2D eigenvalue weighted by molar-refractivity contribution is 5.70. The van der Waals surface area contributed by atoms with Gasteiger partial charge in [-0.25, -0.2) is 0 Å². The van der Waals surface area contributed by atoms with Crippen LogP contribution in [0.1, 0.15) is 213 Å². The van der Waals surface area contributed by atoms with Crippen molar-refractivity contribution in [2.24, 2.45) is 0 Å². The maximum Gasteiger partial charge on any atom is 0.306 e. The number of carbonyl (C=O) groups excluding carboxylic acids is 3. The molecule has 2 atom stereocenters. The van der Waals surface area contributed by atoms with Gasteiger partial charge in [-0.1, -0.05) is 189 Å². The predicted octanol–water partition coefficient (Wildman–Crippen LogP) is 14.3. The van der Waals surface area contributed by atoms with Crippen molar-refractivity contribution >= 4 is 17.9 Å². The van der Waals surface area contributed by atoms with E-state index in [1.165, 1.54) is 83.5 Å². The number of carboxylic acid groups (broad SMARTS) is 1. The number of esters is 2. The van der Waals surface area contributed by atoms with E-state index >= 15 is 0 Å². The molecule has 8 nitrogen and oxygen atoms in total. The standard InChI is InChI=1S/C58H99NO7/c1-6-8-10-12-14-16-18-20-22-24-26-28-29-31-32-34-36-38-40-42-44-46-48-56(60)65-53-54(52-64-51-50-55(58(62)63)59(3,4)5)66-57(61)49-47-45-43-41-39-37-35-33-30-27-25-23-21-19-17-15-13-11-9-7-2/h9,11,14-17,20-23,26-28,30,54-55H,6-8,10,12-13,18-19,24-25,29,31-53H2,1-5H3/b11-9+,16-14+,17-15+,22-20+,23-21+,28-26+,30-27+. The monoisotopic (exact) mass is 922 g/mol. The zero-order chi connectivity index (χ0) is 48.4. The highest BCUT2D eigenvalue weighted by Gasteiger charge is 2.25. The maximum atomic E-state index is 12.8. The summed E-state index contributed by atoms with van der Waals surface area (Å²) in [7, 11) is 5.41. The van der Waals surface area contributed by atoms with E-state index in [0.29, 0.717) is 12.8 Å². The average molecular weight is 922 g/mol. The molecule has 0 aromatic heterocycles. The van der Waals surface area contributed by atoms with Crippen molar-refractivity contribution in [3.63, 3.8) is 0 Å². The first kappa shape index (κ1) is 62.5. The van der Waals surface area contributed by atoms with Gasteiger partial charge in [0.1, 0.15) is 12.6 Å². The molecule has 66 heavy (non-hydrogen) atoms. The third-order valence-corrected chi connectivity index (χ3v) is 11.5. The second-order valence-corrected chi connectivity index (χ2v) is 18.7. The number of unbranched alkanes of at least 4 members (excludes halogenated alkanes) is 19. The molecule has 0 saturated heterocycles. The zero-order valence-corrected chi connectivity index (χ0v) is 43.1. The molecule has 2 unspecified atom stereocenters. The van der Waals surface area contributed by atoms with Crippen LogP contribution in [0.4, 0.5) is 0 Å². The molecule has 0 bridgehead atoms. The smallest absolute Gasteiger partial charge is 0.306 e. The summed E-state index contributed by atoms with van der Waals surface area (Å²) in [6.07, 6.45) is 63.2. The molecule has 0 heterocycles. The summed E-state index contributed by atoms with van der Waals surface area (Å²) in [5.41, 5.74) is 0. The Bertz CT molecular complexity index is 1350. The van der Waals surface area contributed by atoms with Crippen molar-refractivity contribution in [2.45, 2.75) is 225 Å². The van der Waals surface area contributed by atoms with E-state index in [4.69, 9.17) is 14.2 Å². The minimum Gasteiger partial charge on any atom is -0.544 e. The van der Waals surface area contributed by atoms with Crippen molar-refractivity contribution < 1.29 is 38.2 Å². The fourth-order valence-corrected chi connectivity index (χ4v) is 7.42. The van der Waals surface area contributed by atoms with E-state index < -0.39 is 18.1 Å². The van der Waals surface area contributed by atoms with Gasteiger partial charge in [-0.15, -0.1) is 0 Å². The number of quaternary nitrogens is 1. The van der Waals surface area contributed by atoms with Crippen LogP contribution >= 0.6 is 0 Å². The molecule has 0 N–H and O–H groups in total. The molecule has 378 valence electrons. The molecular formula is C58H99NO7. The summed E-state index contributed by atoms with van der Waals surface area (Å²) in [5.74, 6) is -1.76. The highest BCUT2D eigenvalue weighted by Crippen LogP contribution is 2.15. The van der Waals surface area contributed by atoms with Crippen LogP contribution in [0.5, 0.6) is 0 Å². The summed E-state index contributed by atoms with van der Waals surface area (Å²) in [5, 5.41) is 11.7. The maximum absolute atomic E-state index is 12.8. The van der Waals surface area contributed by atoms with Gasteiger partial charge in [0.25, 0.3) is 0 Å². The Hall–Kier alpha value is -3.49. The SMILES string of the molecule is CC/C=C/C/C=C/C/C=C/C/C=C/CCCCCCCCCC(=O)OC(COCCC(C(=O)[O-])[N+](C)(C)C)COC(=O)CCCCCCCCCCC/C=C/C/C=C/C/C=C/CCCCC. The summed E-state index contributed by atoms with van der Waals surface area (Å²) in [6.45, 7) is 4.51. The lowest BCUT2D eigenvalue weighted by atomic mass is 10.1. The largest absolute Gasteiger partial charge is 0.544 e. The molecule has 0 saturated carbocycles. The minimum absolute atomic E-state index is 0.0305. The van der Waals surface area contributed by atoms with Crippen LogP contribution in [-0.2, 0) is 28.6 Å². The molecule has 0 aliphatic heterocycles. The van der Waals surface area contributed by atoms with Gasteiger partial charge in [0.2, 0.25) is 0 Å². The van der Waals surface area contributed by atoms with Crippen molar-refractivity contribution in [3.8, 4) is 0 Å². The Balaban J connectivity index is 4.26. The van der Waals surface area contributed by atoms with E-state index in [1.807, 2.05) is 0 Å². The van der Waals surface area contributed by atoms with Crippen molar-refractivity contribution in [1.29, 1.82) is 0 Å². The lowest BCUT2D eigenvalue weighted by Gasteiger charge is -2.34. The predicted molar refractivity (Wildman–Crippen MR) is 277 cm³/mol. The van der Waals surface area contributed by atoms with Gasteiger partial charge in [-0.3, -0.25) is 9.59 Å². The molecule has 0 aliphatic rings. The Morgan fingerprint density at radius 2 is 0.848 bits per heavy atom. The number of allylic oxidation sites excluding steroid dienone is 14. The van der Waals surface area contributed by atoms with Crippen molar-refractivity contribution in [3.05, 3.63) is 85.1 Å². The first-order valence-corrected chi connectivity index (χ1v) is 26.6. The Morgan fingerprint density at radius 3 is 1.26 bits per heavy atom. The number of aliphatic carboxylic acids is 1. The topological polar surface area (TPSA) is 102 Å². The van der Waals surface area contributed by atoms with Crippen molar-refractivity contribution in [1.82, 2.24) is 0 Å². The fraction of sp³-hybridized carbons (Fsp3) is 0.707. The van der Waals surface area contributed by atoms with E-state index in [0.717, 1.165) is 96.3 Å². The Kier molecular flexibility index (Phi) is 45.4. The van der Waals surface area contributed by atoms with E-state index in [2.05, 4.69) is 98.9 Å². The first-order valence-electron chi connectivity index (χ1n) is 26.6. The normalized spacial score (nSPS) is 13.5. The average Bonchev–Trinajstić information content (AvgIpc) is 3.28. The van der Waals surface area contributed by atoms with Crippen LogP contribution in [0.2, 0.25) is 0 Å². The van der Waals surface area contributed by atoms with Crippen LogP contribution in [-0.4, -0.2) is 75.5 Å². The van der Waals surface area contributed by atoms with Crippen LogP contribution in [0.25, 0.3) is 0 Å². The molecular weight excluding hydrogens is 823 g/mol. The Labute approximate surface area is 405 Å².